The molecule has 0 heterocycles. The van der Waals surface area contributed by atoms with E-state index in [1.807, 2.05) is 30.3 Å². The molecule has 8 heteroatoms. The van der Waals surface area contributed by atoms with Crippen LogP contribution in [0.1, 0.15) is 6.42 Å². The summed E-state index contributed by atoms with van der Waals surface area (Å²) in [6.07, 6.45) is 0.616. The summed E-state index contributed by atoms with van der Waals surface area (Å²) in [6, 6.07) is 12.7. The van der Waals surface area contributed by atoms with Gasteiger partial charge in [0.25, 0.3) is 5.69 Å². The molecule has 7 nitrogen and oxygen atoms in total. The lowest BCUT2D eigenvalue weighted by molar-refractivity contribution is -0.384. The van der Waals surface area contributed by atoms with Crippen molar-refractivity contribution in [3.8, 4) is 5.75 Å². The number of nitro benzene ring substituents is 1. The van der Waals surface area contributed by atoms with E-state index in [2.05, 4.69) is 10.6 Å². The molecular formula is C16H16ClN3O4. The lowest BCUT2D eigenvalue weighted by Crippen LogP contribution is -2.30. The first-order valence-electron chi connectivity index (χ1n) is 7.23. The molecule has 0 saturated carbocycles. The summed E-state index contributed by atoms with van der Waals surface area (Å²) in [4.78, 5) is 22.0. The van der Waals surface area contributed by atoms with Crippen LogP contribution < -0.4 is 15.4 Å². The Bertz CT molecular complexity index is 710. The number of benzene rings is 2. The molecule has 0 fully saturated rings. The molecule has 0 atom stereocenters. The summed E-state index contributed by atoms with van der Waals surface area (Å²) in [5.74, 6) is 0.769. The van der Waals surface area contributed by atoms with E-state index < -0.39 is 11.0 Å². The number of anilines is 1. The summed E-state index contributed by atoms with van der Waals surface area (Å²) in [5, 5.41) is 16.1. The Morgan fingerprint density at radius 3 is 2.67 bits per heavy atom. The third kappa shape index (κ3) is 5.44. The van der Waals surface area contributed by atoms with Crippen LogP contribution in [0.4, 0.5) is 16.2 Å². The first-order chi connectivity index (χ1) is 11.6. The molecule has 0 aromatic heterocycles. The summed E-state index contributed by atoms with van der Waals surface area (Å²) < 4.78 is 5.50. The van der Waals surface area contributed by atoms with Crippen molar-refractivity contribution >= 4 is 29.0 Å². The number of nitrogens with one attached hydrogen (secondary N) is 2. The van der Waals surface area contributed by atoms with Crippen LogP contribution in [0.15, 0.2) is 48.5 Å². The number of non-ortho nitro benzene ring substituents is 1. The smallest absolute Gasteiger partial charge is 0.319 e. The number of nitrogens with zero attached hydrogens (tertiary/aromatic N) is 1. The van der Waals surface area contributed by atoms with Gasteiger partial charge in [0.05, 0.1) is 22.2 Å². The van der Waals surface area contributed by atoms with Gasteiger partial charge >= 0.3 is 6.03 Å². The highest BCUT2D eigenvalue weighted by Gasteiger charge is 2.11. The monoisotopic (exact) mass is 349 g/mol. The fourth-order valence-electron chi connectivity index (χ4n) is 1.87. The van der Waals surface area contributed by atoms with Crippen LogP contribution in [0.25, 0.3) is 0 Å². The molecule has 2 N–H and O–H groups in total. The van der Waals surface area contributed by atoms with Crippen LogP contribution in [-0.4, -0.2) is 24.1 Å². The van der Waals surface area contributed by atoms with E-state index in [0.717, 1.165) is 5.75 Å². The molecule has 0 aliphatic heterocycles. The predicted molar refractivity (Wildman–Crippen MR) is 91.7 cm³/mol. The van der Waals surface area contributed by atoms with Gasteiger partial charge < -0.3 is 15.4 Å². The number of carbonyl (C=O) groups excluding carboxylic acids is 1. The number of para-hydroxylation sites is 1. The zero-order valence-electron chi connectivity index (χ0n) is 12.7. The topological polar surface area (TPSA) is 93.5 Å². The molecule has 2 aromatic carbocycles. The SMILES string of the molecule is O=C(NCCCOc1ccccc1)Nc1cc([N+](=O)[O-])ccc1Cl. The molecule has 0 unspecified atom stereocenters. The van der Waals surface area contributed by atoms with E-state index in [0.29, 0.717) is 19.6 Å². The number of ether oxygens (including phenoxy) is 1. The maximum atomic E-state index is 11.8. The van der Waals surface area contributed by atoms with Gasteiger partial charge in [-0.3, -0.25) is 10.1 Å². The van der Waals surface area contributed by atoms with Crippen LogP contribution in [0, 0.1) is 10.1 Å². The van der Waals surface area contributed by atoms with Crippen molar-refractivity contribution in [2.75, 3.05) is 18.5 Å². The summed E-state index contributed by atoms with van der Waals surface area (Å²) in [6.45, 7) is 0.854. The first-order valence-corrected chi connectivity index (χ1v) is 7.60. The molecule has 0 saturated heterocycles. The highest BCUT2D eigenvalue weighted by molar-refractivity contribution is 6.33. The maximum Gasteiger partial charge on any atom is 0.319 e. The van der Waals surface area contributed by atoms with Crippen molar-refractivity contribution in [2.24, 2.45) is 0 Å². The van der Waals surface area contributed by atoms with Gasteiger partial charge in [0.1, 0.15) is 5.75 Å². The quantitative estimate of drug-likeness (QED) is 0.451. The molecule has 2 aromatic rings. The molecule has 24 heavy (non-hydrogen) atoms. The minimum atomic E-state index is -0.555. The second kappa shape index (κ2) is 8.73. The molecule has 2 rings (SSSR count). The lowest BCUT2D eigenvalue weighted by atomic mass is 10.3. The second-order valence-electron chi connectivity index (χ2n) is 4.82. The number of amides is 2. The summed E-state index contributed by atoms with van der Waals surface area (Å²) in [7, 11) is 0. The fourth-order valence-corrected chi connectivity index (χ4v) is 2.03. The van der Waals surface area contributed by atoms with Crippen LogP contribution in [0.2, 0.25) is 5.02 Å². The van der Waals surface area contributed by atoms with E-state index in [1.165, 1.54) is 18.2 Å². The van der Waals surface area contributed by atoms with Crippen molar-refractivity contribution in [1.82, 2.24) is 5.32 Å². The third-order valence-corrected chi connectivity index (χ3v) is 3.36. The number of carbonyl (C=O) groups is 1. The Morgan fingerprint density at radius 1 is 1.21 bits per heavy atom. The number of nitro groups is 1. The lowest BCUT2D eigenvalue weighted by Gasteiger charge is -2.09. The fraction of sp³-hybridized carbons (Fsp3) is 0.188. The molecule has 0 spiro atoms. The van der Waals surface area contributed by atoms with Gasteiger partial charge in [0, 0.05) is 18.7 Å². The zero-order chi connectivity index (χ0) is 17.4. The molecule has 0 aliphatic rings. The Balaban J connectivity index is 1.73. The molecule has 0 radical (unpaired) electrons. The average molecular weight is 350 g/mol. The third-order valence-electron chi connectivity index (χ3n) is 3.03. The van der Waals surface area contributed by atoms with Gasteiger partial charge in [0.15, 0.2) is 0 Å². The van der Waals surface area contributed by atoms with E-state index in [9.17, 15) is 14.9 Å². The van der Waals surface area contributed by atoms with E-state index >= 15 is 0 Å². The number of halogens is 1. The molecule has 0 aliphatic carbocycles. The normalized spacial score (nSPS) is 10.0. The van der Waals surface area contributed by atoms with Gasteiger partial charge in [-0.25, -0.2) is 4.79 Å². The highest BCUT2D eigenvalue weighted by Crippen LogP contribution is 2.26. The molecule has 2 amide bonds. The van der Waals surface area contributed by atoms with Crippen LogP contribution >= 0.6 is 11.6 Å². The standard InChI is InChI=1S/C16H16ClN3O4/c17-14-8-7-12(20(22)23)11-15(14)19-16(21)18-9-4-10-24-13-5-2-1-3-6-13/h1-3,5-8,11H,4,9-10H2,(H2,18,19,21). The Labute approximate surface area is 143 Å². The average Bonchev–Trinajstić information content (AvgIpc) is 2.57. The largest absolute Gasteiger partial charge is 0.494 e. The minimum absolute atomic E-state index is 0.147. The van der Waals surface area contributed by atoms with Crippen LogP contribution in [0.3, 0.4) is 0 Å². The Morgan fingerprint density at radius 2 is 1.96 bits per heavy atom. The van der Waals surface area contributed by atoms with E-state index in [-0.39, 0.29) is 16.4 Å². The van der Waals surface area contributed by atoms with Gasteiger partial charge in [-0.15, -0.1) is 0 Å². The summed E-state index contributed by atoms with van der Waals surface area (Å²) >= 11 is 5.91. The second-order valence-corrected chi connectivity index (χ2v) is 5.22. The Kier molecular flexibility index (Phi) is 6.39. The van der Waals surface area contributed by atoms with Crippen molar-refractivity contribution in [1.29, 1.82) is 0 Å². The molecule has 126 valence electrons. The maximum absolute atomic E-state index is 11.8. The van der Waals surface area contributed by atoms with Crippen molar-refractivity contribution in [3.05, 3.63) is 63.7 Å². The highest BCUT2D eigenvalue weighted by atomic mass is 35.5. The number of urea groups is 1. The number of hydrogen-bond acceptors (Lipinski definition) is 4. The first kappa shape index (κ1) is 17.6. The predicted octanol–water partition coefficient (Wildman–Crippen LogP) is 3.84. The summed E-state index contributed by atoms with van der Waals surface area (Å²) in [5.41, 5.74) is 0.0369. The minimum Gasteiger partial charge on any atom is -0.494 e. The van der Waals surface area contributed by atoms with Gasteiger partial charge in [-0.05, 0) is 24.6 Å². The Hall–Kier alpha value is -2.80. The van der Waals surface area contributed by atoms with Crippen molar-refractivity contribution in [3.63, 3.8) is 0 Å². The van der Waals surface area contributed by atoms with Crippen molar-refractivity contribution < 1.29 is 14.5 Å². The van der Waals surface area contributed by atoms with Gasteiger partial charge in [0.2, 0.25) is 0 Å². The van der Waals surface area contributed by atoms with Crippen LogP contribution in [0.5, 0.6) is 5.75 Å². The van der Waals surface area contributed by atoms with Crippen molar-refractivity contribution in [2.45, 2.75) is 6.42 Å². The van der Waals surface area contributed by atoms with E-state index in [1.54, 1.807) is 0 Å². The molecule has 0 bridgehead atoms. The number of rotatable bonds is 7. The van der Waals surface area contributed by atoms with E-state index in [4.69, 9.17) is 16.3 Å². The number of hydrogen-bond donors (Lipinski definition) is 2. The van der Waals surface area contributed by atoms with Gasteiger partial charge in [-0.1, -0.05) is 29.8 Å². The van der Waals surface area contributed by atoms with Crippen LogP contribution in [-0.2, 0) is 0 Å². The van der Waals surface area contributed by atoms with Gasteiger partial charge in [-0.2, -0.15) is 0 Å². The zero-order valence-corrected chi connectivity index (χ0v) is 13.5. The molecular weight excluding hydrogens is 334 g/mol.